The lowest BCUT2D eigenvalue weighted by molar-refractivity contribution is 1.29. The molecule has 0 saturated heterocycles. The van der Waals surface area contributed by atoms with Crippen LogP contribution in [0.3, 0.4) is 0 Å². The first-order valence-corrected chi connectivity index (χ1v) is 18.1. The number of anilines is 3. The van der Waals surface area contributed by atoms with E-state index in [1.165, 1.54) is 68.0 Å². The Bertz CT molecular complexity index is 2810. The fourth-order valence-corrected chi connectivity index (χ4v) is 9.55. The van der Waals surface area contributed by atoms with Crippen molar-refractivity contribution < 1.29 is 0 Å². The molecule has 0 fully saturated rings. The number of fused-ring (bicyclic) bond motifs is 8. The highest BCUT2D eigenvalue weighted by atomic mass is 32.1. The summed E-state index contributed by atoms with van der Waals surface area (Å²) in [5.41, 5.74) is 9.31. The van der Waals surface area contributed by atoms with Crippen molar-refractivity contribution in [2.24, 2.45) is 0 Å². The lowest BCUT2D eigenvalue weighted by Crippen LogP contribution is -2.09. The van der Waals surface area contributed by atoms with E-state index < -0.39 is 0 Å². The van der Waals surface area contributed by atoms with E-state index >= 15 is 0 Å². The third-order valence-electron chi connectivity index (χ3n) is 9.53. The molecular formula is C45H28N2S2. The van der Waals surface area contributed by atoms with Crippen LogP contribution in [0.5, 0.6) is 0 Å². The van der Waals surface area contributed by atoms with Crippen LogP contribution in [0.2, 0.25) is 0 Å². The van der Waals surface area contributed by atoms with Crippen molar-refractivity contribution in [2.75, 3.05) is 4.90 Å². The molecule has 49 heavy (non-hydrogen) atoms. The third-order valence-corrected chi connectivity index (χ3v) is 11.8. The number of benzene rings is 7. The minimum Gasteiger partial charge on any atom is -0.310 e. The van der Waals surface area contributed by atoms with Gasteiger partial charge < -0.3 is 4.90 Å². The molecule has 0 bridgehead atoms. The lowest BCUT2D eigenvalue weighted by Gasteiger charge is -2.26. The van der Waals surface area contributed by atoms with Crippen LogP contribution in [-0.2, 0) is 0 Å². The van der Waals surface area contributed by atoms with Gasteiger partial charge in [-0.2, -0.15) is 0 Å². The first-order valence-electron chi connectivity index (χ1n) is 16.4. The SMILES string of the molecule is c1ccc(-c2ccc(N(c3ccc(-c4cccc5c4sc4ccccc45)cc3)c3ccc4c(c3)sc3cnc5ccccc5c34)cc2)cc1. The van der Waals surface area contributed by atoms with Gasteiger partial charge in [0.25, 0.3) is 0 Å². The van der Waals surface area contributed by atoms with Crippen LogP contribution in [0.25, 0.3) is 73.5 Å². The van der Waals surface area contributed by atoms with Gasteiger partial charge in [0.05, 0.1) is 10.2 Å². The zero-order chi connectivity index (χ0) is 32.3. The van der Waals surface area contributed by atoms with Gasteiger partial charge in [-0.05, 0) is 70.8 Å². The molecule has 3 heterocycles. The van der Waals surface area contributed by atoms with Crippen LogP contribution in [0.15, 0.2) is 170 Å². The van der Waals surface area contributed by atoms with Gasteiger partial charge in [0.2, 0.25) is 0 Å². The van der Waals surface area contributed by atoms with Gasteiger partial charge in [0, 0.05) is 64.3 Å². The van der Waals surface area contributed by atoms with E-state index in [0.29, 0.717) is 0 Å². The highest BCUT2D eigenvalue weighted by Gasteiger charge is 2.17. The van der Waals surface area contributed by atoms with Crippen LogP contribution >= 0.6 is 22.7 Å². The number of rotatable bonds is 5. The second kappa shape index (κ2) is 11.4. The van der Waals surface area contributed by atoms with Crippen LogP contribution in [0.1, 0.15) is 0 Å². The van der Waals surface area contributed by atoms with Gasteiger partial charge in [0.1, 0.15) is 0 Å². The second-order valence-electron chi connectivity index (χ2n) is 12.4. The molecular weight excluding hydrogens is 633 g/mol. The molecule has 0 radical (unpaired) electrons. The molecule has 0 aliphatic heterocycles. The minimum absolute atomic E-state index is 1.03. The lowest BCUT2D eigenvalue weighted by atomic mass is 10.0. The summed E-state index contributed by atoms with van der Waals surface area (Å²) in [4.78, 5) is 7.13. The molecule has 0 spiro atoms. The van der Waals surface area contributed by atoms with E-state index in [1.807, 2.05) is 28.9 Å². The number of pyridine rings is 1. The maximum atomic E-state index is 4.76. The van der Waals surface area contributed by atoms with Crippen molar-refractivity contribution in [1.29, 1.82) is 0 Å². The number of thiophene rings is 2. The van der Waals surface area contributed by atoms with Gasteiger partial charge in [-0.1, -0.05) is 115 Å². The quantitative estimate of drug-likeness (QED) is 0.183. The summed E-state index contributed by atoms with van der Waals surface area (Å²) < 4.78 is 5.13. The average Bonchev–Trinajstić information content (AvgIpc) is 3.74. The van der Waals surface area contributed by atoms with Crippen molar-refractivity contribution in [3.05, 3.63) is 170 Å². The van der Waals surface area contributed by atoms with Gasteiger partial charge in [0.15, 0.2) is 0 Å². The Morgan fingerprint density at radius 3 is 1.88 bits per heavy atom. The molecule has 0 unspecified atom stereocenters. The zero-order valence-corrected chi connectivity index (χ0v) is 28.0. The summed E-state index contributed by atoms with van der Waals surface area (Å²) in [6, 6.07) is 59.3. The number of aromatic nitrogens is 1. The number of hydrogen-bond acceptors (Lipinski definition) is 4. The molecule has 0 amide bonds. The molecule has 2 nitrogen and oxygen atoms in total. The Labute approximate surface area is 291 Å². The zero-order valence-electron chi connectivity index (χ0n) is 26.4. The van der Waals surface area contributed by atoms with E-state index in [9.17, 15) is 0 Å². The Kier molecular flexibility index (Phi) is 6.57. The molecule has 3 aromatic heterocycles. The highest BCUT2D eigenvalue weighted by Crippen LogP contribution is 2.44. The molecule has 4 heteroatoms. The van der Waals surface area contributed by atoms with Crippen LogP contribution in [0.4, 0.5) is 17.1 Å². The first kappa shape index (κ1) is 28.2. The normalized spacial score (nSPS) is 11.7. The van der Waals surface area contributed by atoms with Gasteiger partial charge in [-0.25, -0.2) is 0 Å². The van der Waals surface area contributed by atoms with E-state index in [0.717, 1.165) is 22.6 Å². The highest BCUT2D eigenvalue weighted by molar-refractivity contribution is 7.26. The molecule has 10 aromatic rings. The second-order valence-corrected chi connectivity index (χ2v) is 14.5. The standard InChI is InChI=1S/C45H28N2S2/c1-2-9-29(10-3-1)30-17-21-32(22-18-30)47(34-25-26-39-42(27-34)48-43-28-46-40-15-6-4-12-38(40)44(39)43)33-23-19-31(20-24-33)35-13-8-14-37-36-11-5-7-16-41(36)49-45(35)37/h1-28H. The van der Waals surface area contributed by atoms with Crippen molar-refractivity contribution in [1.82, 2.24) is 4.98 Å². The predicted molar refractivity (Wildman–Crippen MR) is 213 cm³/mol. The summed E-state index contributed by atoms with van der Waals surface area (Å²) >= 11 is 3.69. The fourth-order valence-electron chi connectivity index (χ4n) is 7.18. The van der Waals surface area contributed by atoms with Gasteiger partial charge in [-0.15, -0.1) is 22.7 Å². The van der Waals surface area contributed by atoms with E-state index in [2.05, 4.69) is 169 Å². The molecule has 10 rings (SSSR count). The average molecular weight is 661 g/mol. The third kappa shape index (κ3) is 4.72. The maximum Gasteiger partial charge on any atom is 0.0709 e. The smallest absolute Gasteiger partial charge is 0.0709 e. The Balaban J connectivity index is 1.11. The Hall–Kier alpha value is -5.81. The first-order chi connectivity index (χ1) is 24.3. The summed E-state index contributed by atoms with van der Waals surface area (Å²) in [5.74, 6) is 0. The molecule has 0 N–H and O–H groups in total. The largest absolute Gasteiger partial charge is 0.310 e. The number of hydrogen-bond donors (Lipinski definition) is 0. The van der Waals surface area contributed by atoms with Crippen LogP contribution in [0, 0.1) is 0 Å². The molecule has 0 saturated carbocycles. The van der Waals surface area contributed by atoms with Crippen LogP contribution < -0.4 is 4.90 Å². The van der Waals surface area contributed by atoms with E-state index in [-0.39, 0.29) is 0 Å². The topological polar surface area (TPSA) is 16.1 Å². The van der Waals surface area contributed by atoms with Gasteiger partial charge >= 0.3 is 0 Å². The number of para-hydroxylation sites is 1. The van der Waals surface area contributed by atoms with Crippen molar-refractivity contribution in [3.63, 3.8) is 0 Å². The Morgan fingerprint density at radius 2 is 1.06 bits per heavy atom. The molecule has 230 valence electrons. The molecule has 0 aliphatic carbocycles. The maximum absolute atomic E-state index is 4.76. The van der Waals surface area contributed by atoms with E-state index in [1.54, 1.807) is 0 Å². The molecule has 0 atom stereocenters. The fraction of sp³-hybridized carbons (Fsp3) is 0. The summed E-state index contributed by atoms with van der Waals surface area (Å²) in [6.07, 6.45) is 2.03. The van der Waals surface area contributed by atoms with Crippen molar-refractivity contribution in [2.45, 2.75) is 0 Å². The van der Waals surface area contributed by atoms with Crippen molar-refractivity contribution in [3.8, 4) is 22.3 Å². The summed E-state index contributed by atoms with van der Waals surface area (Å²) in [5, 5.41) is 6.41. The van der Waals surface area contributed by atoms with E-state index in [4.69, 9.17) is 4.98 Å². The molecule has 7 aromatic carbocycles. The summed E-state index contributed by atoms with van der Waals surface area (Å²) in [6.45, 7) is 0. The van der Waals surface area contributed by atoms with Crippen molar-refractivity contribution >= 4 is 91.0 Å². The van der Waals surface area contributed by atoms with Gasteiger partial charge in [-0.3, -0.25) is 4.98 Å². The minimum atomic E-state index is 1.03. The monoisotopic (exact) mass is 660 g/mol. The summed E-state index contributed by atoms with van der Waals surface area (Å²) in [7, 11) is 0. The number of nitrogens with zero attached hydrogens (tertiary/aromatic N) is 2. The van der Waals surface area contributed by atoms with Crippen LogP contribution in [-0.4, -0.2) is 4.98 Å². The molecule has 0 aliphatic rings. The predicted octanol–water partition coefficient (Wildman–Crippen LogP) is 13.8. The Morgan fingerprint density at radius 1 is 0.408 bits per heavy atom.